The first-order valence-corrected chi connectivity index (χ1v) is 15.5. The number of nitrogens with zero attached hydrogens (tertiary/aromatic N) is 9. The fourth-order valence-corrected chi connectivity index (χ4v) is 6.68. The van der Waals surface area contributed by atoms with Crippen molar-refractivity contribution in [2.24, 2.45) is 0 Å². The first-order valence-electron chi connectivity index (χ1n) is 14.3. The number of carboxylic acid groups (broad SMARTS) is 1. The topological polar surface area (TPSA) is 156 Å². The number of rotatable bonds is 3. The number of hydrogen-bond acceptors (Lipinski definition) is 8. The van der Waals surface area contributed by atoms with E-state index in [-0.39, 0.29) is 62.4 Å². The van der Waals surface area contributed by atoms with E-state index in [2.05, 4.69) is 0 Å². The van der Waals surface area contributed by atoms with Crippen molar-refractivity contribution in [2.45, 2.75) is 0 Å². The van der Waals surface area contributed by atoms with E-state index in [0.717, 1.165) is 16.3 Å². The van der Waals surface area contributed by atoms with Crippen LogP contribution in [0.4, 0.5) is 0 Å². The van der Waals surface area contributed by atoms with E-state index in [1.54, 1.807) is 0 Å². The summed E-state index contributed by atoms with van der Waals surface area (Å²) < 4.78 is 5.47. The van der Waals surface area contributed by atoms with Crippen LogP contribution in [0, 0.1) is 0 Å². The zero-order valence-corrected chi connectivity index (χ0v) is 30.0. The van der Waals surface area contributed by atoms with Gasteiger partial charge in [-0.25, -0.2) is 9.78 Å². The zero-order valence-electron chi connectivity index (χ0n) is 24.8. The maximum absolute atomic E-state index is 11.4. The van der Waals surface area contributed by atoms with Crippen LogP contribution in [-0.4, -0.2) is 47.8 Å². The van der Waals surface area contributed by atoms with E-state index in [4.69, 9.17) is 79.6 Å². The van der Waals surface area contributed by atoms with Crippen LogP contribution in [0.5, 0.6) is 5.75 Å². The Morgan fingerprint density at radius 1 is 0.653 bits per heavy atom. The molecule has 16 heteroatoms. The average molecular weight is 757 g/mol. The van der Waals surface area contributed by atoms with Gasteiger partial charge >= 0.3 is 25.4 Å². The summed E-state index contributed by atoms with van der Waals surface area (Å²) in [6, 6.07) is 22.6. The first-order chi connectivity index (χ1) is 23.4. The van der Waals surface area contributed by atoms with Gasteiger partial charge in [0.15, 0.2) is 18.2 Å². The number of halogens is 3. The molecule has 49 heavy (non-hydrogen) atoms. The summed E-state index contributed by atoms with van der Waals surface area (Å²) in [5.41, 5.74) is 3.80. The Labute approximate surface area is 302 Å². The molecule has 4 aromatic carbocycles. The quantitative estimate of drug-likeness (QED) is 0.125. The van der Waals surface area contributed by atoms with Gasteiger partial charge in [-0.05, 0) is 16.8 Å². The summed E-state index contributed by atoms with van der Waals surface area (Å²) in [4.78, 5) is 41.8. The molecule has 0 saturated heterocycles. The predicted molar refractivity (Wildman–Crippen MR) is 178 cm³/mol. The van der Waals surface area contributed by atoms with E-state index in [0.29, 0.717) is 45.6 Å². The summed E-state index contributed by atoms with van der Waals surface area (Å²) in [7, 11) is 0. The van der Waals surface area contributed by atoms with E-state index >= 15 is 0 Å². The molecule has 232 valence electrons. The molecule has 9 rings (SSSR count). The Morgan fingerprint density at radius 2 is 1.20 bits per heavy atom. The van der Waals surface area contributed by atoms with Crippen molar-refractivity contribution in [1.82, 2.24) is 40.1 Å². The molecule has 5 heterocycles. The van der Waals surface area contributed by atoms with Crippen LogP contribution in [-0.2, 0) is 24.3 Å². The van der Waals surface area contributed by atoms with Gasteiger partial charge in [-0.15, -0.1) is 0 Å². The van der Waals surface area contributed by atoms with Crippen LogP contribution >= 0.6 is 34.8 Å². The number of aliphatic carboxylic acids is 1. The molecule has 0 amide bonds. The Balaban J connectivity index is 0.00000348. The number of aromatic nitrogens is 9. The number of hydrogen-bond donors (Lipinski definition) is 1. The molecule has 7 aromatic rings. The van der Waals surface area contributed by atoms with Gasteiger partial charge in [0, 0.05) is 54.8 Å². The third-order valence-electron chi connectivity index (χ3n) is 7.90. The third kappa shape index (κ3) is 4.92. The molecule has 3 aromatic heterocycles. The minimum atomic E-state index is -1.23. The molecule has 0 spiro atoms. The standard InChI is InChI=1S/C33H16Cl3N9O3.Zn/c34-23-21-22(24(35)26(25(23)36)48-13-20(46)47)33-42-32(21)41-30-17-10-4-2-8-15(17)28(39-30)37-27-14-7-1-3-9-16(14)29(38-27)40-31-18-11-5-6-12-19(18)45(43-31)44-33;/h1-12H,13H2,(H2,37,38,39,40,41,42,43,44,46,47);/q;+2/p-1. The summed E-state index contributed by atoms with van der Waals surface area (Å²) in [6.45, 7) is -0.713. The van der Waals surface area contributed by atoms with Crippen molar-refractivity contribution < 1.29 is 38.9 Å². The number of carboxylic acids is 1. The van der Waals surface area contributed by atoms with Gasteiger partial charge in [0.05, 0.1) is 32.9 Å². The Bertz CT molecular complexity index is 2740. The average Bonchev–Trinajstić information content (AvgIpc) is 3.82. The molecule has 0 aliphatic carbocycles. The van der Waals surface area contributed by atoms with Gasteiger partial charge in [-0.3, -0.25) is 0 Å². The van der Waals surface area contributed by atoms with Gasteiger partial charge in [0.25, 0.3) is 5.69 Å². The van der Waals surface area contributed by atoms with Crippen molar-refractivity contribution in [1.29, 1.82) is 0 Å². The molecule has 1 N–H and O–H groups in total. The normalized spacial score (nSPS) is 11.7. The van der Waals surface area contributed by atoms with Crippen LogP contribution in [0.25, 0.3) is 84.0 Å². The van der Waals surface area contributed by atoms with Crippen LogP contribution in [0.3, 0.4) is 0 Å². The minimum absolute atomic E-state index is 0. The summed E-state index contributed by atoms with van der Waals surface area (Å²) in [5, 5.41) is 20.7. The molecule has 0 fully saturated rings. The molecular formula is C33H15Cl3N9O3Zn+. The summed E-state index contributed by atoms with van der Waals surface area (Å²) >= 11 is 20.3. The maximum Gasteiger partial charge on any atom is 2.00 e. The molecule has 8 bridgehead atoms. The molecular weight excluding hydrogens is 742 g/mol. The molecule has 0 saturated carbocycles. The second-order valence-electron chi connectivity index (χ2n) is 10.7. The fraction of sp³-hybridized carbons (Fsp3) is 0.0303. The van der Waals surface area contributed by atoms with Crippen molar-refractivity contribution in [2.75, 3.05) is 6.61 Å². The van der Waals surface area contributed by atoms with Crippen molar-refractivity contribution in [3.05, 3.63) is 87.9 Å². The maximum atomic E-state index is 11.4. The number of fused-ring (bicyclic) bond motifs is 20. The van der Waals surface area contributed by atoms with E-state index < -0.39 is 12.6 Å². The molecule has 0 atom stereocenters. The van der Waals surface area contributed by atoms with Crippen LogP contribution in [0.2, 0.25) is 15.1 Å². The van der Waals surface area contributed by atoms with Gasteiger partial charge in [-0.1, -0.05) is 101 Å². The fourth-order valence-electron chi connectivity index (χ4n) is 5.80. The van der Waals surface area contributed by atoms with Crippen molar-refractivity contribution >= 4 is 84.9 Å². The largest absolute Gasteiger partial charge is 2.00 e. The van der Waals surface area contributed by atoms with Crippen LogP contribution in [0.15, 0.2) is 72.8 Å². The molecule has 12 nitrogen and oxygen atoms in total. The van der Waals surface area contributed by atoms with Crippen molar-refractivity contribution in [3.63, 3.8) is 0 Å². The Kier molecular flexibility index (Phi) is 7.53. The number of benzene rings is 4. The van der Waals surface area contributed by atoms with Gasteiger partial charge in [-0.2, -0.15) is 0 Å². The van der Waals surface area contributed by atoms with Crippen LogP contribution < -0.4 is 19.5 Å². The van der Waals surface area contributed by atoms with Crippen LogP contribution in [0.1, 0.15) is 0 Å². The van der Waals surface area contributed by atoms with E-state index in [1.165, 1.54) is 4.80 Å². The van der Waals surface area contributed by atoms with Gasteiger partial charge < -0.3 is 34.8 Å². The predicted octanol–water partition coefficient (Wildman–Crippen LogP) is 6.16. The number of ether oxygens (including phenoxy) is 1. The molecule has 2 aliphatic rings. The second kappa shape index (κ2) is 11.8. The number of para-hydroxylation sites is 1. The Morgan fingerprint density at radius 3 is 1.88 bits per heavy atom. The monoisotopic (exact) mass is 754 g/mol. The molecule has 0 unspecified atom stereocenters. The molecule has 0 radical (unpaired) electrons. The van der Waals surface area contributed by atoms with Crippen molar-refractivity contribution in [3.8, 4) is 45.6 Å². The first kappa shape index (κ1) is 31.2. The second-order valence-corrected chi connectivity index (χ2v) is 11.9. The summed E-state index contributed by atoms with van der Waals surface area (Å²) in [5.74, 6) is -0.305. The minimum Gasteiger partial charge on any atom is -0.479 e. The van der Waals surface area contributed by atoms with Gasteiger partial charge in [0.1, 0.15) is 5.02 Å². The van der Waals surface area contributed by atoms with E-state index in [9.17, 15) is 9.90 Å². The van der Waals surface area contributed by atoms with E-state index in [1.807, 2.05) is 72.8 Å². The smallest absolute Gasteiger partial charge is 0.479 e. The Hall–Kier alpha value is -5.07. The number of carbonyl (C=O) groups is 1. The van der Waals surface area contributed by atoms with Gasteiger partial charge in [0.2, 0.25) is 0 Å². The zero-order chi connectivity index (χ0) is 32.7. The molecule has 2 aliphatic heterocycles. The summed E-state index contributed by atoms with van der Waals surface area (Å²) in [6.07, 6.45) is 0. The third-order valence-corrected chi connectivity index (χ3v) is 9.09. The SMILES string of the molecule is O=C(O)COc1c(Cl)c(Cl)c2c3nc4nc(nc5[n-]c(nc6n[n+](nc([n-]3)c2c1Cl)-c1ccccc1-6)c1ccccc51)-c1ccccc1-4.[Zn+2].